The summed E-state index contributed by atoms with van der Waals surface area (Å²) in [5.41, 5.74) is 2.28. The van der Waals surface area contributed by atoms with Gasteiger partial charge in [0.05, 0.1) is 11.6 Å². The molecule has 0 aliphatic carbocycles. The van der Waals surface area contributed by atoms with E-state index in [9.17, 15) is 14.4 Å². The van der Waals surface area contributed by atoms with E-state index in [0.29, 0.717) is 12.0 Å². The number of hydrogen-bond donors (Lipinski definition) is 1. The van der Waals surface area contributed by atoms with E-state index in [-0.39, 0.29) is 29.6 Å². The van der Waals surface area contributed by atoms with E-state index in [1.54, 1.807) is 7.05 Å². The van der Waals surface area contributed by atoms with Crippen molar-refractivity contribution in [2.75, 3.05) is 20.6 Å². The number of rotatable bonds is 5. The molecule has 4 nitrogen and oxygen atoms in total. The lowest BCUT2D eigenvalue weighted by Gasteiger charge is -2.53. The normalized spacial score (nSPS) is 23.9. The van der Waals surface area contributed by atoms with Gasteiger partial charge in [-0.3, -0.25) is 4.79 Å². The largest absolute Gasteiger partial charge is 0.359 e. The Labute approximate surface area is 201 Å². The Morgan fingerprint density at radius 2 is 1.94 bits per heavy atom. The first-order chi connectivity index (χ1) is 16.3. The van der Waals surface area contributed by atoms with Crippen LogP contribution in [0.4, 0.5) is 4.39 Å². The van der Waals surface area contributed by atoms with E-state index in [1.807, 2.05) is 42.5 Å². The number of carbonyl (C=O) groups is 1. The van der Waals surface area contributed by atoms with E-state index in [1.165, 1.54) is 12.1 Å². The van der Waals surface area contributed by atoms with Crippen LogP contribution in [0.3, 0.4) is 0 Å². The average molecular weight is 458 g/mol. The Bertz CT molecular complexity index is 1230. The average Bonchev–Trinajstić information content (AvgIpc) is 2.85. The third kappa shape index (κ3) is 4.19. The summed E-state index contributed by atoms with van der Waals surface area (Å²) >= 11 is 0. The predicted octanol–water partition coefficient (Wildman–Crippen LogP) is 5.37. The van der Waals surface area contributed by atoms with Crippen molar-refractivity contribution in [1.29, 1.82) is 5.26 Å². The number of nitrogens with zero attached hydrogens (tertiary/aromatic N) is 2. The van der Waals surface area contributed by atoms with Crippen molar-refractivity contribution >= 4 is 16.7 Å². The van der Waals surface area contributed by atoms with Gasteiger partial charge in [0, 0.05) is 24.9 Å². The molecule has 0 saturated carbocycles. The minimum atomic E-state index is -0.469. The number of carbonyl (C=O) groups excluding carboxylic acids is 1. The van der Waals surface area contributed by atoms with E-state index < -0.39 is 5.41 Å². The molecule has 4 atom stereocenters. The van der Waals surface area contributed by atoms with Gasteiger partial charge >= 0.3 is 0 Å². The smallest absolute Gasteiger partial charge is 0.220 e. The molecule has 5 heteroatoms. The highest BCUT2D eigenvalue weighted by atomic mass is 19.1. The van der Waals surface area contributed by atoms with Crippen LogP contribution in [0, 0.1) is 23.1 Å². The zero-order valence-corrected chi connectivity index (χ0v) is 20.3. The van der Waals surface area contributed by atoms with E-state index in [0.717, 1.165) is 34.9 Å². The van der Waals surface area contributed by atoms with Crippen molar-refractivity contribution in [3.05, 3.63) is 83.2 Å². The summed E-state index contributed by atoms with van der Waals surface area (Å²) in [4.78, 5) is 15.2. The highest BCUT2D eigenvalue weighted by molar-refractivity contribution is 5.87. The van der Waals surface area contributed by atoms with Crippen LogP contribution in [0.2, 0.25) is 0 Å². The van der Waals surface area contributed by atoms with Gasteiger partial charge in [0.15, 0.2) is 0 Å². The Morgan fingerprint density at radius 3 is 2.62 bits per heavy atom. The van der Waals surface area contributed by atoms with Gasteiger partial charge in [-0.15, -0.1) is 0 Å². The van der Waals surface area contributed by atoms with E-state index in [4.69, 9.17) is 0 Å². The SMILES string of the molecule is CNC(=O)CC1(c2ccc(F)cc2)CCN(C)C(C)C1C(C)c1cc(C#N)cc2ccccc12. The quantitative estimate of drug-likeness (QED) is 0.561. The molecular weight excluding hydrogens is 425 g/mol. The molecule has 1 heterocycles. The Kier molecular flexibility index (Phi) is 6.72. The summed E-state index contributed by atoms with van der Waals surface area (Å²) in [6.45, 7) is 5.28. The van der Waals surface area contributed by atoms with Crippen LogP contribution in [-0.2, 0) is 10.2 Å². The molecule has 1 aliphatic rings. The fourth-order valence-electron chi connectivity index (χ4n) is 6.16. The standard InChI is InChI=1S/C29H32FN3O/c1-19(26-16-21(18-31)15-22-7-5-6-8-25(22)26)28-20(2)33(4)14-13-29(28,17-27(34)32-3)23-9-11-24(30)12-10-23/h5-12,15-16,19-20,28H,13-14,17H2,1-4H3,(H,32,34). The maximum absolute atomic E-state index is 13.9. The minimum absolute atomic E-state index is 0.0195. The fraction of sp³-hybridized carbons (Fsp3) is 0.379. The van der Waals surface area contributed by atoms with Crippen LogP contribution in [0.1, 0.15) is 49.3 Å². The topological polar surface area (TPSA) is 56.1 Å². The predicted molar refractivity (Wildman–Crippen MR) is 134 cm³/mol. The first-order valence-electron chi connectivity index (χ1n) is 11.9. The molecule has 0 aromatic heterocycles. The lowest BCUT2D eigenvalue weighted by atomic mass is 9.56. The molecule has 1 fully saturated rings. The van der Waals surface area contributed by atoms with Crippen molar-refractivity contribution in [3.8, 4) is 6.07 Å². The lowest BCUT2D eigenvalue weighted by Crippen LogP contribution is -2.56. The zero-order valence-electron chi connectivity index (χ0n) is 20.3. The first kappa shape index (κ1) is 23.9. The van der Waals surface area contributed by atoms with Gasteiger partial charge in [0.25, 0.3) is 0 Å². The van der Waals surface area contributed by atoms with Crippen molar-refractivity contribution in [2.45, 2.75) is 44.1 Å². The van der Waals surface area contributed by atoms with E-state index >= 15 is 0 Å². The third-order valence-electron chi connectivity index (χ3n) is 7.99. The second-order valence-corrected chi connectivity index (χ2v) is 9.70. The summed E-state index contributed by atoms with van der Waals surface area (Å²) in [5.74, 6) is -0.192. The molecule has 176 valence electrons. The van der Waals surface area contributed by atoms with Gasteiger partial charge in [0.2, 0.25) is 5.91 Å². The zero-order chi connectivity index (χ0) is 24.5. The number of nitrogens with one attached hydrogen (secondary N) is 1. The minimum Gasteiger partial charge on any atom is -0.359 e. The van der Waals surface area contributed by atoms with Crippen LogP contribution in [0.25, 0.3) is 10.8 Å². The number of nitriles is 1. The van der Waals surface area contributed by atoms with E-state index in [2.05, 4.69) is 43.2 Å². The number of amides is 1. The molecule has 1 N–H and O–H groups in total. The van der Waals surface area contributed by atoms with Crippen molar-refractivity contribution in [3.63, 3.8) is 0 Å². The van der Waals surface area contributed by atoms with Gasteiger partial charge in [-0.25, -0.2) is 4.39 Å². The molecule has 0 radical (unpaired) electrons. The molecular formula is C29H32FN3O. The molecule has 34 heavy (non-hydrogen) atoms. The highest BCUT2D eigenvalue weighted by Crippen LogP contribution is 2.51. The molecule has 1 aliphatic heterocycles. The molecule has 1 amide bonds. The van der Waals surface area contributed by atoms with Gasteiger partial charge in [-0.05, 0) is 84.9 Å². The Hall–Kier alpha value is -3.23. The number of hydrogen-bond acceptors (Lipinski definition) is 3. The molecule has 3 aromatic carbocycles. The molecule has 1 saturated heterocycles. The third-order valence-corrected chi connectivity index (χ3v) is 7.99. The fourth-order valence-corrected chi connectivity index (χ4v) is 6.16. The number of likely N-dealkylation sites (tertiary alicyclic amines) is 1. The Balaban J connectivity index is 1.94. The second kappa shape index (κ2) is 9.56. The van der Waals surface area contributed by atoms with Crippen LogP contribution in [0.15, 0.2) is 60.7 Å². The first-order valence-corrected chi connectivity index (χ1v) is 11.9. The van der Waals surface area contributed by atoms with Crippen molar-refractivity contribution in [1.82, 2.24) is 10.2 Å². The Morgan fingerprint density at radius 1 is 1.24 bits per heavy atom. The maximum Gasteiger partial charge on any atom is 0.220 e. The van der Waals surface area contributed by atoms with Crippen LogP contribution >= 0.6 is 0 Å². The number of halogens is 1. The lowest BCUT2D eigenvalue weighted by molar-refractivity contribution is -0.123. The second-order valence-electron chi connectivity index (χ2n) is 9.70. The maximum atomic E-state index is 13.9. The van der Waals surface area contributed by atoms with Crippen LogP contribution in [-0.4, -0.2) is 37.5 Å². The number of piperidine rings is 1. The van der Waals surface area contributed by atoms with Gasteiger partial charge in [0.1, 0.15) is 5.82 Å². The van der Waals surface area contributed by atoms with Gasteiger partial charge < -0.3 is 10.2 Å². The summed E-state index contributed by atoms with van der Waals surface area (Å²) < 4.78 is 13.9. The molecule has 0 spiro atoms. The molecule has 4 unspecified atom stereocenters. The van der Waals surface area contributed by atoms with Crippen LogP contribution in [0.5, 0.6) is 0 Å². The van der Waals surface area contributed by atoms with Gasteiger partial charge in [-0.1, -0.05) is 43.3 Å². The van der Waals surface area contributed by atoms with Crippen molar-refractivity contribution < 1.29 is 9.18 Å². The van der Waals surface area contributed by atoms with Crippen molar-refractivity contribution in [2.24, 2.45) is 5.92 Å². The summed E-state index contributed by atoms with van der Waals surface area (Å²) in [7, 11) is 3.80. The summed E-state index contributed by atoms with van der Waals surface area (Å²) in [5, 5.41) is 14.7. The molecule has 3 aromatic rings. The summed E-state index contributed by atoms with van der Waals surface area (Å²) in [6.07, 6.45) is 1.12. The molecule has 4 rings (SSSR count). The monoisotopic (exact) mass is 457 g/mol. The summed E-state index contributed by atoms with van der Waals surface area (Å²) in [6, 6.07) is 21.3. The number of fused-ring (bicyclic) bond motifs is 1. The highest BCUT2D eigenvalue weighted by Gasteiger charge is 2.50. The van der Waals surface area contributed by atoms with Gasteiger partial charge in [-0.2, -0.15) is 5.26 Å². The molecule has 0 bridgehead atoms. The number of benzene rings is 3. The van der Waals surface area contributed by atoms with Crippen LogP contribution < -0.4 is 5.32 Å².